The average molecular weight is 138 g/mol. The molecule has 0 aromatic carbocycles. The molecule has 2 heteroatoms. The fourth-order valence-corrected chi connectivity index (χ4v) is 1.36. The highest BCUT2D eigenvalue weighted by Gasteiger charge is 2.14. The molecule has 2 N–H and O–H groups in total. The van der Waals surface area contributed by atoms with Crippen molar-refractivity contribution in [2.24, 2.45) is 5.73 Å². The van der Waals surface area contributed by atoms with Crippen LogP contribution >= 0.6 is 0 Å². The van der Waals surface area contributed by atoms with Crippen LogP contribution in [0.1, 0.15) is 12.8 Å². The van der Waals surface area contributed by atoms with Crippen molar-refractivity contribution in [2.45, 2.75) is 18.9 Å². The zero-order chi connectivity index (χ0) is 7.40. The van der Waals surface area contributed by atoms with Gasteiger partial charge in [-0.05, 0) is 19.4 Å². The quantitative estimate of drug-likeness (QED) is 0.518. The summed E-state index contributed by atoms with van der Waals surface area (Å²) in [6.45, 7) is 2.86. The third kappa shape index (κ3) is 2.02. The summed E-state index contributed by atoms with van der Waals surface area (Å²) in [6, 6.07) is 0.349. The van der Waals surface area contributed by atoms with Crippen LogP contribution < -0.4 is 5.73 Å². The number of nitrogens with two attached hydrogens (primary N) is 1. The number of terminal acetylenes is 1. The zero-order valence-electron chi connectivity index (χ0n) is 6.21. The molecular weight excluding hydrogens is 124 g/mol. The molecule has 1 aliphatic rings. The predicted molar refractivity (Wildman–Crippen MR) is 42.5 cm³/mol. The van der Waals surface area contributed by atoms with Crippen molar-refractivity contribution >= 4 is 0 Å². The molecule has 10 heavy (non-hydrogen) atoms. The van der Waals surface area contributed by atoms with Gasteiger partial charge in [0.1, 0.15) is 0 Å². The summed E-state index contributed by atoms with van der Waals surface area (Å²) >= 11 is 0. The van der Waals surface area contributed by atoms with E-state index < -0.39 is 0 Å². The Hall–Kier alpha value is -0.520. The lowest BCUT2D eigenvalue weighted by Crippen LogP contribution is -2.42. The monoisotopic (exact) mass is 138 g/mol. The van der Waals surface area contributed by atoms with Crippen molar-refractivity contribution in [3.8, 4) is 12.3 Å². The third-order valence-electron chi connectivity index (χ3n) is 1.86. The van der Waals surface area contributed by atoms with Gasteiger partial charge in [-0.2, -0.15) is 0 Å². The second-order valence-corrected chi connectivity index (χ2v) is 2.84. The first-order valence-electron chi connectivity index (χ1n) is 3.74. The van der Waals surface area contributed by atoms with Crippen LogP contribution in [0.15, 0.2) is 0 Å². The normalized spacial score (nSPS) is 27.8. The Morgan fingerprint density at radius 2 is 2.50 bits per heavy atom. The number of piperidine rings is 1. The molecule has 0 aliphatic carbocycles. The molecule has 0 spiro atoms. The third-order valence-corrected chi connectivity index (χ3v) is 1.86. The Bertz CT molecular complexity index is 137. The van der Waals surface area contributed by atoms with Gasteiger partial charge in [-0.15, -0.1) is 6.42 Å². The van der Waals surface area contributed by atoms with Crippen molar-refractivity contribution in [3.63, 3.8) is 0 Å². The van der Waals surface area contributed by atoms with E-state index in [0.717, 1.165) is 26.1 Å². The average Bonchev–Trinajstić information content (AvgIpc) is 1.88. The summed E-state index contributed by atoms with van der Waals surface area (Å²) in [5.74, 6) is 2.63. The van der Waals surface area contributed by atoms with E-state index in [1.807, 2.05) is 0 Å². The zero-order valence-corrected chi connectivity index (χ0v) is 6.21. The molecule has 0 radical (unpaired) electrons. The van der Waals surface area contributed by atoms with Crippen LogP contribution in [0.25, 0.3) is 0 Å². The standard InChI is InChI=1S/C8H14N2/c1-2-5-10-6-3-4-8(9)7-10/h1,8H,3-7,9H2. The molecule has 1 unspecified atom stereocenters. The molecule has 2 nitrogen and oxygen atoms in total. The van der Waals surface area contributed by atoms with Crippen LogP contribution in [0.2, 0.25) is 0 Å². The molecule has 0 bridgehead atoms. The maximum Gasteiger partial charge on any atom is 0.0599 e. The smallest absolute Gasteiger partial charge is 0.0599 e. The summed E-state index contributed by atoms with van der Waals surface area (Å²) in [5.41, 5.74) is 5.75. The van der Waals surface area contributed by atoms with E-state index >= 15 is 0 Å². The Morgan fingerprint density at radius 1 is 1.70 bits per heavy atom. The minimum atomic E-state index is 0.349. The van der Waals surface area contributed by atoms with Crippen LogP contribution in [0.3, 0.4) is 0 Å². The van der Waals surface area contributed by atoms with Crippen LogP contribution in [-0.4, -0.2) is 30.6 Å². The molecule has 0 amide bonds. The number of rotatable bonds is 1. The van der Waals surface area contributed by atoms with E-state index in [4.69, 9.17) is 12.2 Å². The maximum absolute atomic E-state index is 5.75. The lowest BCUT2D eigenvalue weighted by Gasteiger charge is -2.28. The Kier molecular flexibility index (Phi) is 2.73. The lowest BCUT2D eigenvalue weighted by atomic mass is 10.1. The molecule has 1 heterocycles. The van der Waals surface area contributed by atoms with Crippen LogP contribution in [-0.2, 0) is 0 Å². The van der Waals surface area contributed by atoms with Gasteiger partial charge < -0.3 is 5.73 Å². The fraction of sp³-hybridized carbons (Fsp3) is 0.750. The number of hydrogen-bond donors (Lipinski definition) is 1. The molecule has 1 aliphatic heterocycles. The van der Waals surface area contributed by atoms with Crippen molar-refractivity contribution in [1.82, 2.24) is 4.90 Å². The van der Waals surface area contributed by atoms with Gasteiger partial charge >= 0.3 is 0 Å². The minimum Gasteiger partial charge on any atom is -0.327 e. The predicted octanol–water partition coefficient (Wildman–Crippen LogP) is 0.0427. The van der Waals surface area contributed by atoms with Crippen LogP contribution in [0, 0.1) is 12.3 Å². The second kappa shape index (κ2) is 3.60. The first-order chi connectivity index (χ1) is 4.83. The van der Waals surface area contributed by atoms with E-state index in [0.29, 0.717) is 6.04 Å². The highest BCUT2D eigenvalue weighted by Crippen LogP contribution is 2.06. The van der Waals surface area contributed by atoms with Gasteiger partial charge in [0.05, 0.1) is 6.54 Å². The maximum atomic E-state index is 5.75. The second-order valence-electron chi connectivity index (χ2n) is 2.84. The highest BCUT2D eigenvalue weighted by atomic mass is 15.1. The molecule has 56 valence electrons. The van der Waals surface area contributed by atoms with Gasteiger partial charge in [-0.25, -0.2) is 0 Å². The highest BCUT2D eigenvalue weighted by molar-refractivity contribution is 4.90. The first-order valence-corrected chi connectivity index (χ1v) is 3.74. The first kappa shape index (κ1) is 7.59. The molecular formula is C8H14N2. The molecule has 0 saturated carbocycles. The Morgan fingerprint density at radius 3 is 3.10 bits per heavy atom. The van der Waals surface area contributed by atoms with E-state index in [-0.39, 0.29) is 0 Å². The molecule has 1 rings (SSSR count). The van der Waals surface area contributed by atoms with E-state index in [9.17, 15) is 0 Å². The van der Waals surface area contributed by atoms with E-state index in [2.05, 4.69) is 10.8 Å². The Balaban J connectivity index is 2.27. The van der Waals surface area contributed by atoms with Crippen molar-refractivity contribution in [3.05, 3.63) is 0 Å². The van der Waals surface area contributed by atoms with Gasteiger partial charge in [0, 0.05) is 12.6 Å². The lowest BCUT2D eigenvalue weighted by molar-refractivity contribution is 0.232. The number of hydrogen-bond acceptors (Lipinski definition) is 2. The van der Waals surface area contributed by atoms with Gasteiger partial charge in [-0.3, -0.25) is 4.90 Å². The van der Waals surface area contributed by atoms with Gasteiger partial charge in [0.25, 0.3) is 0 Å². The summed E-state index contributed by atoms with van der Waals surface area (Å²) in [7, 11) is 0. The minimum absolute atomic E-state index is 0.349. The SMILES string of the molecule is C#CCN1CCCC(N)C1. The molecule has 1 atom stereocenters. The molecule has 0 aromatic heterocycles. The van der Waals surface area contributed by atoms with Crippen molar-refractivity contribution in [2.75, 3.05) is 19.6 Å². The van der Waals surface area contributed by atoms with E-state index in [1.165, 1.54) is 6.42 Å². The largest absolute Gasteiger partial charge is 0.327 e. The Labute approximate surface area is 62.4 Å². The fourth-order valence-electron chi connectivity index (χ4n) is 1.36. The van der Waals surface area contributed by atoms with E-state index in [1.54, 1.807) is 0 Å². The van der Waals surface area contributed by atoms with Crippen molar-refractivity contribution in [1.29, 1.82) is 0 Å². The number of nitrogens with zero attached hydrogens (tertiary/aromatic N) is 1. The van der Waals surface area contributed by atoms with Crippen LogP contribution in [0.5, 0.6) is 0 Å². The molecule has 1 saturated heterocycles. The molecule has 1 fully saturated rings. The summed E-state index contributed by atoms with van der Waals surface area (Å²) in [6.07, 6.45) is 7.52. The van der Waals surface area contributed by atoms with Crippen molar-refractivity contribution < 1.29 is 0 Å². The summed E-state index contributed by atoms with van der Waals surface area (Å²) in [5, 5.41) is 0. The molecule has 0 aromatic rings. The number of likely N-dealkylation sites (tertiary alicyclic amines) is 1. The topological polar surface area (TPSA) is 29.3 Å². The van der Waals surface area contributed by atoms with Crippen LogP contribution in [0.4, 0.5) is 0 Å². The summed E-state index contributed by atoms with van der Waals surface area (Å²) < 4.78 is 0. The van der Waals surface area contributed by atoms with Gasteiger partial charge in [-0.1, -0.05) is 5.92 Å². The van der Waals surface area contributed by atoms with Gasteiger partial charge in [0.2, 0.25) is 0 Å². The van der Waals surface area contributed by atoms with Gasteiger partial charge in [0.15, 0.2) is 0 Å². The summed E-state index contributed by atoms with van der Waals surface area (Å²) in [4.78, 5) is 2.23.